The number of phosphoric acid groups is 1. The van der Waals surface area contributed by atoms with Crippen molar-refractivity contribution in [2.75, 3.05) is 39.2 Å². The van der Waals surface area contributed by atoms with Gasteiger partial charge >= 0.3 is 7.82 Å². The molecule has 328 valence electrons. The van der Waals surface area contributed by atoms with Crippen molar-refractivity contribution in [1.29, 1.82) is 5.26 Å². The first-order valence-corrected chi connectivity index (χ1v) is 22.6. The summed E-state index contributed by atoms with van der Waals surface area (Å²) < 4.78 is 57.4. The Morgan fingerprint density at radius 3 is 2.27 bits per heavy atom. The van der Waals surface area contributed by atoms with Gasteiger partial charge in [0.25, 0.3) is 0 Å². The molecule has 0 bridgehead atoms. The molecule has 4 rings (SSSR count). The Bertz CT molecular complexity index is 1810. The topological polar surface area (TPSA) is 216 Å². The Kier molecular flexibility index (Phi) is 20.8. The lowest BCUT2D eigenvalue weighted by molar-refractivity contribution is -0.0629. The molecule has 0 radical (unpaired) electrons. The molecule has 5 N–H and O–H groups in total. The molecular formula is C42H64FN6O9P. The number of phosphoric ester groups is 1. The number of nitrogen functional groups attached to an aromatic ring is 1. The minimum Gasteiger partial charge on any atom is -0.387 e. The molecule has 1 aliphatic rings. The first-order chi connectivity index (χ1) is 28.5. The van der Waals surface area contributed by atoms with E-state index in [1.807, 2.05) is 6.07 Å². The van der Waals surface area contributed by atoms with Crippen molar-refractivity contribution in [3.05, 3.63) is 59.3 Å². The molecule has 15 nitrogen and oxygen atoms in total. The number of anilines is 1. The quantitative estimate of drug-likeness (QED) is 0.0294. The first kappa shape index (κ1) is 48.3. The van der Waals surface area contributed by atoms with Crippen LogP contribution in [-0.4, -0.2) is 93.8 Å². The van der Waals surface area contributed by atoms with Gasteiger partial charge < -0.3 is 35.1 Å². The van der Waals surface area contributed by atoms with Crippen LogP contribution in [0.25, 0.3) is 5.52 Å². The van der Waals surface area contributed by atoms with E-state index in [1.165, 1.54) is 126 Å². The van der Waals surface area contributed by atoms with E-state index >= 15 is 0 Å². The van der Waals surface area contributed by atoms with Gasteiger partial charge in [-0.1, -0.05) is 103 Å². The zero-order valence-corrected chi connectivity index (χ0v) is 35.5. The van der Waals surface area contributed by atoms with Crippen LogP contribution in [0.3, 0.4) is 0 Å². The molecule has 6 atom stereocenters. The lowest BCUT2D eigenvalue weighted by Crippen LogP contribution is -2.43. The van der Waals surface area contributed by atoms with Crippen molar-refractivity contribution in [2.45, 2.75) is 146 Å². The number of hydrogen-bond donors (Lipinski definition) is 4. The number of aliphatic imine (C=N–C) groups is 1. The Labute approximate surface area is 347 Å². The number of ether oxygens (including phenoxy) is 3. The number of benzene rings is 1. The summed E-state index contributed by atoms with van der Waals surface area (Å²) >= 11 is 0. The Morgan fingerprint density at radius 2 is 1.64 bits per heavy atom. The lowest BCUT2D eigenvalue weighted by atomic mass is 9.92. The molecule has 1 unspecified atom stereocenters. The number of aliphatic hydroxyl groups excluding tert-OH is 2. The summed E-state index contributed by atoms with van der Waals surface area (Å²) in [6.45, 7) is 1.29. The summed E-state index contributed by atoms with van der Waals surface area (Å²) in [7, 11) is -3.35. The van der Waals surface area contributed by atoms with Crippen LogP contribution in [0.15, 0.2) is 41.7 Å². The zero-order chi connectivity index (χ0) is 42.5. The van der Waals surface area contributed by atoms with E-state index in [2.05, 4.69) is 22.0 Å². The lowest BCUT2D eigenvalue weighted by Gasteiger charge is -2.27. The largest absolute Gasteiger partial charge is 0.472 e. The number of nitrogens with zero attached hydrogens (tertiary/aromatic N) is 5. The average molecular weight is 847 g/mol. The maximum atomic E-state index is 14.5. The molecule has 2 aromatic heterocycles. The van der Waals surface area contributed by atoms with Crippen molar-refractivity contribution < 1.29 is 47.3 Å². The van der Waals surface area contributed by atoms with Gasteiger partial charge in [-0.15, -0.1) is 0 Å². The van der Waals surface area contributed by atoms with Gasteiger partial charge in [-0.25, -0.2) is 18.5 Å². The Hall–Kier alpha value is -3.36. The van der Waals surface area contributed by atoms with Gasteiger partial charge in [0.05, 0.1) is 43.8 Å². The third-order valence-electron chi connectivity index (χ3n) is 10.6. The molecule has 1 fully saturated rings. The van der Waals surface area contributed by atoms with Gasteiger partial charge in [-0.3, -0.25) is 14.0 Å². The van der Waals surface area contributed by atoms with E-state index in [0.29, 0.717) is 12.1 Å². The summed E-state index contributed by atoms with van der Waals surface area (Å²) in [6.07, 6.45) is 17.2. The molecule has 3 aromatic rings. The number of nitrogens with two attached hydrogens (primary N) is 1. The van der Waals surface area contributed by atoms with Crippen molar-refractivity contribution in [3.8, 4) is 6.07 Å². The minimum atomic E-state index is -4.81. The van der Waals surface area contributed by atoms with E-state index in [1.54, 1.807) is 12.1 Å². The van der Waals surface area contributed by atoms with Crippen LogP contribution < -0.4 is 5.73 Å². The number of aromatic nitrogens is 3. The summed E-state index contributed by atoms with van der Waals surface area (Å²) in [5.74, 6) is -0.394. The fourth-order valence-electron chi connectivity index (χ4n) is 7.26. The van der Waals surface area contributed by atoms with Crippen LogP contribution in [0.2, 0.25) is 0 Å². The van der Waals surface area contributed by atoms with Crippen LogP contribution in [0.1, 0.15) is 126 Å². The highest BCUT2D eigenvalue weighted by atomic mass is 31.2. The van der Waals surface area contributed by atoms with Crippen molar-refractivity contribution in [2.24, 2.45) is 4.99 Å². The molecule has 59 heavy (non-hydrogen) atoms. The van der Waals surface area contributed by atoms with Crippen LogP contribution in [0.5, 0.6) is 0 Å². The highest BCUT2D eigenvalue weighted by molar-refractivity contribution is 7.47. The van der Waals surface area contributed by atoms with Gasteiger partial charge in [0.2, 0.25) is 0 Å². The molecular weight excluding hydrogens is 782 g/mol. The number of rotatable bonds is 30. The van der Waals surface area contributed by atoms with Gasteiger partial charge in [-0.2, -0.15) is 10.4 Å². The molecule has 1 aliphatic heterocycles. The molecule has 1 aromatic carbocycles. The second kappa shape index (κ2) is 25.4. The molecule has 0 aliphatic carbocycles. The molecule has 1 saturated heterocycles. The molecule has 3 heterocycles. The SMILES string of the molecule is CCCCCCCCCCCCCCCCCCOC[C@H](COP(=O)(O)OC[C@H]1O[C@@](/C=N\C)(c2ccc3c(N)ncnn23)[C@H](O)[C@@H]1O)OCc1cc(C#N)ccc1F. The summed E-state index contributed by atoms with van der Waals surface area (Å²) in [4.78, 5) is 18.7. The second-order valence-corrected chi connectivity index (χ2v) is 16.7. The number of unbranched alkanes of at least 4 members (excludes halogenated alkanes) is 15. The van der Waals surface area contributed by atoms with E-state index in [9.17, 15) is 29.3 Å². The van der Waals surface area contributed by atoms with Gasteiger partial charge in [0.15, 0.2) is 11.4 Å². The third kappa shape index (κ3) is 14.9. The predicted octanol–water partition coefficient (Wildman–Crippen LogP) is 7.34. The fraction of sp³-hybridized carbons (Fsp3) is 0.667. The third-order valence-corrected chi connectivity index (χ3v) is 11.6. The van der Waals surface area contributed by atoms with Crippen LogP contribution in [-0.2, 0) is 40.0 Å². The number of fused-ring (bicyclic) bond motifs is 1. The van der Waals surface area contributed by atoms with E-state index < -0.39 is 56.9 Å². The number of nitriles is 1. The number of aliphatic hydroxyl groups is 2. The van der Waals surface area contributed by atoms with Crippen molar-refractivity contribution in [1.82, 2.24) is 14.6 Å². The standard InChI is InChI=1S/C42H64FN6O9P/c1-3-4-5-6-7-8-9-10-11-12-13-14-15-16-17-18-23-54-27-34(55-26-33-24-32(25-44)19-20-35(33)43)28-56-59(52,53)57-29-37-39(50)40(51)42(58-37,30-46-2)38-22-21-36-41(45)47-31-48-49(36)38/h19-22,24,30-31,34,37,39-40,50-51H,3-18,23,26-29H2,1-2H3,(H,52,53)(H2,45,47,48)/b46-30-/t34-,37-,39-,40-,42+/m1/s1. The van der Waals surface area contributed by atoms with Crippen molar-refractivity contribution >= 4 is 25.4 Å². The normalized spacial score (nSPS) is 21.0. The van der Waals surface area contributed by atoms with Gasteiger partial charge in [-0.05, 0) is 36.8 Å². The van der Waals surface area contributed by atoms with E-state index in [0.717, 1.165) is 19.3 Å². The fourth-order valence-corrected chi connectivity index (χ4v) is 8.03. The van der Waals surface area contributed by atoms with E-state index in [4.69, 9.17) is 29.0 Å². The summed E-state index contributed by atoms with van der Waals surface area (Å²) in [5.41, 5.74) is 5.34. The predicted molar refractivity (Wildman–Crippen MR) is 222 cm³/mol. The summed E-state index contributed by atoms with van der Waals surface area (Å²) in [6, 6.07) is 9.07. The zero-order valence-electron chi connectivity index (χ0n) is 34.6. The van der Waals surface area contributed by atoms with Crippen LogP contribution >= 0.6 is 7.82 Å². The molecule has 17 heteroatoms. The highest BCUT2D eigenvalue weighted by Gasteiger charge is 2.56. The molecule has 0 spiro atoms. The minimum absolute atomic E-state index is 0.0207. The molecule has 0 saturated carbocycles. The smallest absolute Gasteiger partial charge is 0.387 e. The monoisotopic (exact) mass is 846 g/mol. The maximum Gasteiger partial charge on any atom is 0.472 e. The van der Waals surface area contributed by atoms with Gasteiger partial charge in [0.1, 0.15) is 42.1 Å². The van der Waals surface area contributed by atoms with Gasteiger partial charge in [0, 0.05) is 25.4 Å². The Balaban J connectivity index is 1.22. The highest BCUT2D eigenvalue weighted by Crippen LogP contribution is 2.46. The van der Waals surface area contributed by atoms with Crippen LogP contribution in [0, 0.1) is 17.1 Å². The average Bonchev–Trinajstić information content (AvgIpc) is 3.77. The van der Waals surface area contributed by atoms with Crippen LogP contribution in [0.4, 0.5) is 10.2 Å². The second-order valence-electron chi connectivity index (χ2n) is 15.2. The van der Waals surface area contributed by atoms with Crippen molar-refractivity contribution in [3.63, 3.8) is 0 Å². The summed E-state index contributed by atoms with van der Waals surface area (Å²) in [5, 5.41) is 35.7. The first-order valence-electron chi connectivity index (χ1n) is 21.1. The van der Waals surface area contributed by atoms with E-state index in [-0.39, 0.29) is 35.9 Å². The molecule has 0 amide bonds. The Morgan fingerprint density at radius 1 is 1.00 bits per heavy atom. The number of hydrogen-bond acceptors (Lipinski definition) is 13. The number of halogens is 1. The maximum absolute atomic E-state index is 14.5.